The van der Waals surface area contributed by atoms with Gasteiger partial charge in [0.05, 0.1) is 11.4 Å². The summed E-state index contributed by atoms with van der Waals surface area (Å²) in [5, 5.41) is 29.3. The number of aliphatic hydroxyl groups is 1. The number of phenols is 1. The van der Waals surface area contributed by atoms with E-state index in [2.05, 4.69) is 34.7 Å². The highest BCUT2D eigenvalue weighted by molar-refractivity contribution is 6.68. The number of carbonyl (C=O) groups excluding carboxylic acids is 1. The number of aliphatic hydroxyl groups excluding tert-OH is 1. The molecule has 0 aromatic heterocycles. The lowest BCUT2D eigenvalue weighted by molar-refractivity contribution is -0.123. The van der Waals surface area contributed by atoms with Gasteiger partial charge in [0.2, 0.25) is 0 Å². The van der Waals surface area contributed by atoms with Crippen molar-refractivity contribution in [1.82, 2.24) is 5.01 Å². The monoisotopic (exact) mass is 408 g/mol. The first kappa shape index (κ1) is 21.5. The summed E-state index contributed by atoms with van der Waals surface area (Å²) in [6, 6.07) is 13.7. The maximum Gasteiger partial charge on any atom is 0.296 e. The molecule has 0 atom stereocenters. The zero-order chi connectivity index (χ0) is 21.5. The Kier molecular flexibility index (Phi) is 7.19. The molecule has 1 amide bonds. The van der Waals surface area contributed by atoms with Gasteiger partial charge in [0.15, 0.2) is 5.71 Å². The maximum absolute atomic E-state index is 12.5. The first-order valence-electron chi connectivity index (χ1n) is 10.2. The Morgan fingerprint density at radius 2 is 1.77 bits per heavy atom. The number of carbonyl (C=O) groups is 1. The smallest absolute Gasteiger partial charge is 0.296 e. The van der Waals surface area contributed by atoms with Crippen LogP contribution in [0.5, 0.6) is 5.75 Å². The molecule has 1 aliphatic heterocycles. The summed E-state index contributed by atoms with van der Waals surface area (Å²) < 4.78 is 0. The standard InChI is InChI=1S/C23H28N4O3/c1-16-8-3-4-9-18(16)12-13-19-10-7-11-20(22(19)29)24-25-21-17(2)26-27(23(21)30)14-5-6-15-28/h3-4,7-11,24,28-29H,5-6,12-15H2,1-2H3/b25-21-. The van der Waals surface area contributed by atoms with Gasteiger partial charge < -0.3 is 10.2 Å². The summed E-state index contributed by atoms with van der Waals surface area (Å²) in [5.41, 5.74) is 7.32. The zero-order valence-corrected chi connectivity index (χ0v) is 17.4. The van der Waals surface area contributed by atoms with E-state index >= 15 is 0 Å². The third-order valence-corrected chi connectivity index (χ3v) is 5.16. The van der Waals surface area contributed by atoms with Crippen LogP contribution in [0.1, 0.15) is 36.5 Å². The third kappa shape index (κ3) is 5.04. The van der Waals surface area contributed by atoms with E-state index in [9.17, 15) is 9.90 Å². The first-order valence-corrected chi connectivity index (χ1v) is 10.2. The molecule has 0 saturated carbocycles. The molecule has 0 spiro atoms. The number of amides is 1. The molecule has 158 valence electrons. The number of anilines is 1. The molecule has 2 aromatic carbocycles. The number of para-hydroxylation sites is 1. The van der Waals surface area contributed by atoms with Gasteiger partial charge in [0, 0.05) is 13.2 Å². The highest BCUT2D eigenvalue weighted by Crippen LogP contribution is 2.29. The number of unbranched alkanes of at least 4 members (excludes halogenated alkanes) is 1. The molecule has 1 aliphatic rings. The van der Waals surface area contributed by atoms with E-state index in [1.165, 1.54) is 16.1 Å². The van der Waals surface area contributed by atoms with E-state index in [-0.39, 0.29) is 24.0 Å². The number of hydrogen-bond acceptors (Lipinski definition) is 6. The molecule has 3 rings (SSSR count). The average Bonchev–Trinajstić information content (AvgIpc) is 3.00. The summed E-state index contributed by atoms with van der Waals surface area (Å²) in [7, 11) is 0. The summed E-state index contributed by atoms with van der Waals surface area (Å²) in [6.07, 6.45) is 2.81. The average molecular weight is 409 g/mol. The SMILES string of the molecule is CC1=NN(CCCCO)C(=O)/C1=N\Nc1cccc(CCc2ccccc2C)c1O. The Bertz CT molecular complexity index is 969. The Hall–Kier alpha value is -3.19. The Labute approximate surface area is 176 Å². The number of benzene rings is 2. The normalized spacial score (nSPS) is 15.0. The lowest BCUT2D eigenvalue weighted by Gasteiger charge is -2.11. The second kappa shape index (κ2) is 10.0. The molecule has 0 fully saturated rings. The molecule has 1 heterocycles. The van der Waals surface area contributed by atoms with E-state index in [4.69, 9.17) is 5.11 Å². The van der Waals surface area contributed by atoms with Crippen molar-refractivity contribution in [2.75, 3.05) is 18.6 Å². The lowest BCUT2D eigenvalue weighted by atomic mass is 10.00. The van der Waals surface area contributed by atoms with Gasteiger partial charge >= 0.3 is 0 Å². The summed E-state index contributed by atoms with van der Waals surface area (Å²) in [4.78, 5) is 12.5. The van der Waals surface area contributed by atoms with Crippen LogP contribution in [0.4, 0.5) is 5.69 Å². The third-order valence-electron chi connectivity index (χ3n) is 5.16. The van der Waals surface area contributed by atoms with Crippen molar-refractivity contribution in [3.05, 3.63) is 59.2 Å². The van der Waals surface area contributed by atoms with Crippen molar-refractivity contribution in [2.45, 2.75) is 39.5 Å². The molecule has 0 unspecified atom stereocenters. The molecule has 0 aliphatic carbocycles. The Morgan fingerprint density at radius 1 is 1.03 bits per heavy atom. The van der Waals surface area contributed by atoms with Crippen LogP contribution in [0, 0.1) is 6.92 Å². The van der Waals surface area contributed by atoms with Crippen LogP contribution in [0.2, 0.25) is 0 Å². The van der Waals surface area contributed by atoms with Crippen molar-refractivity contribution in [3.8, 4) is 5.75 Å². The maximum atomic E-state index is 12.5. The first-order chi connectivity index (χ1) is 14.5. The molecule has 7 heteroatoms. The van der Waals surface area contributed by atoms with Crippen molar-refractivity contribution >= 4 is 23.0 Å². The predicted octanol–water partition coefficient (Wildman–Crippen LogP) is 3.24. The molecule has 3 N–H and O–H groups in total. The number of hydrazone groups is 2. The molecular weight excluding hydrogens is 380 g/mol. The topological polar surface area (TPSA) is 97.5 Å². The zero-order valence-electron chi connectivity index (χ0n) is 17.4. The second-order valence-electron chi connectivity index (χ2n) is 7.36. The Balaban J connectivity index is 1.67. The predicted molar refractivity (Wildman–Crippen MR) is 119 cm³/mol. The number of aryl methyl sites for hydroxylation is 3. The van der Waals surface area contributed by atoms with Crippen LogP contribution in [-0.4, -0.2) is 45.7 Å². The minimum atomic E-state index is -0.284. The van der Waals surface area contributed by atoms with Gasteiger partial charge in [0.25, 0.3) is 5.91 Å². The number of nitrogens with zero attached hydrogens (tertiary/aromatic N) is 3. The van der Waals surface area contributed by atoms with Crippen LogP contribution < -0.4 is 5.43 Å². The molecule has 2 aromatic rings. The van der Waals surface area contributed by atoms with Crippen molar-refractivity contribution in [3.63, 3.8) is 0 Å². The quantitative estimate of drug-likeness (QED) is 0.337. The number of nitrogens with one attached hydrogen (secondary N) is 1. The fourth-order valence-electron chi connectivity index (χ4n) is 3.36. The van der Waals surface area contributed by atoms with Crippen LogP contribution in [0.25, 0.3) is 0 Å². The van der Waals surface area contributed by atoms with Gasteiger partial charge in [-0.05, 0) is 62.3 Å². The highest BCUT2D eigenvalue weighted by atomic mass is 16.3. The molecule has 0 bridgehead atoms. The van der Waals surface area contributed by atoms with E-state index in [1.54, 1.807) is 13.0 Å². The van der Waals surface area contributed by atoms with Gasteiger partial charge in [-0.25, -0.2) is 5.01 Å². The number of rotatable bonds is 9. The lowest BCUT2D eigenvalue weighted by Crippen LogP contribution is -2.29. The molecule has 30 heavy (non-hydrogen) atoms. The van der Waals surface area contributed by atoms with Crippen LogP contribution in [0.3, 0.4) is 0 Å². The van der Waals surface area contributed by atoms with E-state index in [0.717, 1.165) is 12.0 Å². The molecule has 0 saturated heterocycles. The number of hydrogen-bond donors (Lipinski definition) is 3. The molecule has 7 nitrogen and oxygen atoms in total. The number of phenolic OH excluding ortho intramolecular Hbond substituents is 1. The summed E-state index contributed by atoms with van der Waals surface area (Å²) in [6.45, 7) is 4.34. The highest BCUT2D eigenvalue weighted by Gasteiger charge is 2.29. The molecule has 0 radical (unpaired) electrons. The van der Waals surface area contributed by atoms with Crippen LogP contribution in [0.15, 0.2) is 52.7 Å². The largest absolute Gasteiger partial charge is 0.505 e. The van der Waals surface area contributed by atoms with Gasteiger partial charge in [-0.15, -0.1) is 0 Å². The van der Waals surface area contributed by atoms with Crippen molar-refractivity contribution < 1.29 is 15.0 Å². The van der Waals surface area contributed by atoms with Gasteiger partial charge in [-0.3, -0.25) is 10.2 Å². The van der Waals surface area contributed by atoms with Crippen molar-refractivity contribution in [2.24, 2.45) is 10.2 Å². The van der Waals surface area contributed by atoms with E-state index in [0.29, 0.717) is 37.2 Å². The Morgan fingerprint density at radius 3 is 2.53 bits per heavy atom. The van der Waals surface area contributed by atoms with Crippen LogP contribution >= 0.6 is 0 Å². The fraction of sp³-hybridized carbons (Fsp3) is 0.348. The second-order valence-corrected chi connectivity index (χ2v) is 7.36. The van der Waals surface area contributed by atoms with E-state index < -0.39 is 0 Å². The summed E-state index contributed by atoms with van der Waals surface area (Å²) in [5.74, 6) is -0.150. The molecular formula is C23H28N4O3. The van der Waals surface area contributed by atoms with Gasteiger partial charge in [-0.2, -0.15) is 10.2 Å². The number of aromatic hydroxyl groups is 1. The van der Waals surface area contributed by atoms with Crippen LogP contribution in [-0.2, 0) is 17.6 Å². The van der Waals surface area contributed by atoms with Crippen molar-refractivity contribution in [1.29, 1.82) is 0 Å². The van der Waals surface area contributed by atoms with Gasteiger partial charge in [-0.1, -0.05) is 36.4 Å². The van der Waals surface area contributed by atoms with E-state index in [1.807, 2.05) is 24.3 Å². The minimum absolute atomic E-state index is 0.0900. The summed E-state index contributed by atoms with van der Waals surface area (Å²) >= 11 is 0. The minimum Gasteiger partial charge on any atom is -0.505 e. The fourth-order valence-corrected chi connectivity index (χ4v) is 3.36. The van der Waals surface area contributed by atoms with Gasteiger partial charge in [0.1, 0.15) is 5.75 Å².